The number of piperidine rings is 1. The molecule has 1 N–H and O–H groups in total. The topological polar surface area (TPSA) is 32.3 Å². The first-order valence-electron chi connectivity index (χ1n) is 7.32. The van der Waals surface area contributed by atoms with E-state index in [1.165, 1.54) is 18.2 Å². The van der Waals surface area contributed by atoms with Crippen LogP contribution in [0, 0.1) is 5.82 Å². The van der Waals surface area contributed by atoms with E-state index in [0.29, 0.717) is 6.04 Å². The van der Waals surface area contributed by atoms with Crippen molar-refractivity contribution in [2.24, 2.45) is 0 Å². The van der Waals surface area contributed by atoms with Crippen LogP contribution in [0.3, 0.4) is 0 Å². The number of likely N-dealkylation sites (tertiary alicyclic amines) is 1. The molecule has 1 aromatic rings. The molecule has 1 aliphatic rings. The summed E-state index contributed by atoms with van der Waals surface area (Å²) in [6.45, 7) is 8.29. The highest BCUT2D eigenvalue weighted by molar-refractivity contribution is 6.33. The van der Waals surface area contributed by atoms with Crippen LogP contribution in [0.1, 0.15) is 44.0 Å². The van der Waals surface area contributed by atoms with E-state index < -0.39 is 5.82 Å². The summed E-state index contributed by atoms with van der Waals surface area (Å²) in [5, 5.41) is 3.30. The number of amides is 1. The van der Waals surface area contributed by atoms with Gasteiger partial charge in [-0.25, -0.2) is 4.39 Å². The summed E-state index contributed by atoms with van der Waals surface area (Å²) in [5.41, 5.74) is -0.0674. The van der Waals surface area contributed by atoms with E-state index in [0.717, 1.165) is 25.9 Å². The van der Waals surface area contributed by atoms with Crippen molar-refractivity contribution in [2.75, 3.05) is 13.1 Å². The van der Waals surface area contributed by atoms with E-state index in [4.69, 9.17) is 11.6 Å². The molecular weight excluding hydrogens is 291 g/mol. The highest BCUT2D eigenvalue weighted by Gasteiger charge is 2.32. The molecule has 1 saturated heterocycles. The Morgan fingerprint density at radius 2 is 2.00 bits per heavy atom. The highest BCUT2D eigenvalue weighted by atomic mass is 35.5. The van der Waals surface area contributed by atoms with Crippen molar-refractivity contribution in [3.8, 4) is 0 Å². The first kappa shape index (κ1) is 16.2. The van der Waals surface area contributed by atoms with Crippen LogP contribution < -0.4 is 5.32 Å². The van der Waals surface area contributed by atoms with Crippen LogP contribution in [-0.2, 0) is 0 Å². The molecule has 0 aromatic heterocycles. The van der Waals surface area contributed by atoms with Crippen LogP contribution in [0.2, 0.25) is 5.02 Å². The maximum Gasteiger partial charge on any atom is 0.253 e. The minimum Gasteiger partial charge on any atom is -0.347 e. The van der Waals surface area contributed by atoms with E-state index in [1.807, 2.05) is 6.92 Å². The third-order valence-electron chi connectivity index (χ3n) is 4.22. The van der Waals surface area contributed by atoms with E-state index >= 15 is 0 Å². The number of nitrogens with one attached hydrogen (secondary N) is 1. The Kier molecular flexibility index (Phi) is 4.89. The molecule has 3 nitrogen and oxygen atoms in total. The monoisotopic (exact) mass is 312 g/mol. The number of rotatable bonds is 3. The minimum atomic E-state index is -0.454. The highest BCUT2D eigenvalue weighted by Crippen LogP contribution is 2.25. The number of nitrogens with zero attached hydrogens (tertiary/aromatic N) is 1. The molecule has 0 saturated carbocycles. The summed E-state index contributed by atoms with van der Waals surface area (Å²) in [6, 6.07) is 4.37. The second-order valence-corrected chi connectivity index (χ2v) is 6.68. The number of benzene rings is 1. The summed E-state index contributed by atoms with van der Waals surface area (Å²) >= 11 is 5.98. The molecule has 0 spiro atoms. The van der Waals surface area contributed by atoms with E-state index in [-0.39, 0.29) is 22.0 Å². The zero-order valence-electron chi connectivity index (χ0n) is 12.7. The summed E-state index contributed by atoms with van der Waals surface area (Å²) in [6.07, 6.45) is 1.76. The van der Waals surface area contributed by atoms with Crippen molar-refractivity contribution in [3.63, 3.8) is 0 Å². The second kappa shape index (κ2) is 6.32. The van der Waals surface area contributed by atoms with Gasteiger partial charge in [-0.05, 0) is 51.8 Å². The van der Waals surface area contributed by atoms with Crippen molar-refractivity contribution in [1.82, 2.24) is 10.2 Å². The van der Waals surface area contributed by atoms with Gasteiger partial charge in [0.15, 0.2) is 0 Å². The van der Waals surface area contributed by atoms with Gasteiger partial charge < -0.3 is 10.2 Å². The lowest BCUT2D eigenvalue weighted by Gasteiger charge is -2.41. The fourth-order valence-electron chi connectivity index (χ4n) is 2.67. The van der Waals surface area contributed by atoms with Gasteiger partial charge in [-0.2, -0.15) is 0 Å². The number of carbonyl (C=O) groups is 1. The van der Waals surface area contributed by atoms with Gasteiger partial charge in [-0.15, -0.1) is 0 Å². The maximum absolute atomic E-state index is 13.3. The molecule has 116 valence electrons. The molecule has 0 bridgehead atoms. The predicted octanol–water partition coefficient (Wildman–Crippen LogP) is 3.47. The van der Waals surface area contributed by atoms with Gasteiger partial charge in [-0.1, -0.05) is 11.6 Å². The fraction of sp³-hybridized carbons (Fsp3) is 0.562. The maximum atomic E-state index is 13.3. The summed E-state index contributed by atoms with van der Waals surface area (Å²) < 4.78 is 13.3. The number of halogens is 2. The third kappa shape index (κ3) is 3.95. The first-order valence-corrected chi connectivity index (χ1v) is 7.70. The fourth-order valence-corrected chi connectivity index (χ4v) is 2.88. The number of hydrogen-bond acceptors (Lipinski definition) is 2. The van der Waals surface area contributed by atoms with Crippen molar-refractivity contribution >= 4 is 17.5 Å². The number of carbonyl (C=O) groups excluding carboxylic acids is 1. The molecule has 0 radical (unpaired) electrons. The Morgan fingerprint density at radius 1 is 1.38 bits per heavy atom. The Bertz CT molecular complexity index is 525. The number of hydrogen-bond donors (Lipinski definition) is 1. The normalized spacial score (nSPS) is 18.8. The standard InChI is InChI=1S/C16H22ClFN2O/c1-11(2)20-8-6-16(3,7-9-20)19-15(21)13-10-12(18)4-5-14(13)17/h4-5,10-11H,6-9H2,1-3H3,(H,19,21). The van der Waals surface area contributed by atoms with E-state index in [1.54, 1.807) is 0 Å². The molecular formula is C16H22ClFN2O. The lowest BCUT2D eigenvalue weighted by Crippen LogP contribution is -2.54. The largest absolute Gasteiger partial charge is 0.347 e. The average molecular weight is 313 g/mol. The van der Waals surface area contributed by atoms with Crippen molar-refractivity contribution < 1.29 is 9.18 Å². The van der Waals surface area contributed by atoms with Gasteiger partial charge >= 0.3 is 0 Å². The van der Waals surface area contributed by atoms with Gasteiger partial charge in [0.05, 0.1) is 10.6 Å². The van der Waals surface area contributed by atoms with Crippen LogP contribution in [0.4, 0.5) is 4.39 Å². The molecule has 1 aromatic carbocycles. The second-order valence-electron chi connectivity index (χ2n) is 6.27. The SMILES string of the molecule is CC(C)N1CCC(C)(NC(=O)c2cc(F)ccc2Cl)CC1. The van der Waals surface area contributed by atoms with Crippen LogP contribution in [-0.4, -0.2) is 35.5 Å². The Labute approximate surface area is 130 Å². The van der Waals surface area contributed by atoms with Crippen LogP contribution >= 0.6 is 11.6 Å². The molecule has 1 amide bonds. The average Bonchev–Trinajstić information content (AvgIpc) is 2.41. The van der Waals surface area contributed by atoms with Crippen LogP contribution in [0.25, 0.3) is 0 Å². The summed E-state index contributed by atoms with van der Waals surface area (Å²) in [7, 11) is 0. The Morgan fingerprint density at radius 3 is 2.57 bits per heavy atom. The van der Waals surface area contributed by atoms with Gasteiger partial charge in [0.1, 0.15) is 5.82 Å². The van der Waals surface area contributed by atoms with Crippen molar-refractivity contribution in [3.05, 3.63) is 34.6 Å². The quantitative estimate of drug-likeness (QED) is 0.927. The van der Waals surface area contributed by atoms with Gasteiger partial charge in [0.2, 0.25) is 0 Å². The smallest absolute Gasteiger partial charge is 0.253 e. The van der Waals surface area contributed by atoms with E-state index in [2.05, 4.69) is 24.1 Å². The molecule has 0 aliphatic carbocycles. The summed E-state index contributed by atoms with van der Waals surface area (Å²) in [4.78, 5) is 14.7. The molecule has 0 unspecified atom stereocenters. The molecule has 2 rings (SSSR count). The lowest BCUT2D eigenvalue weighted by atomic mass is 9.88. The summed E-state index contributed by atoms with van der Waals surface area (Å²) in [5.74, 6) is -0.760. The van der Waals surface area contributed by atoms with Gasteiger partial charge in [-0.3, -0.25) is 4.79 Å². The van der Waals surface area contributed by atoms with Crippen LogP contribution in [0.15, 0.2) is 18.2 Å². The molecule has 5 heteroatoms. The molecule has 1 heterocycles. The van der Waals surface area contributed by atoms with Crippen LogP contribution in [0.5, 0.6) is 0 Å². The minimum absolute atomic E-state index is 0.198. The zero-order valence-corrected chi connectivity index (χ0v) is 13.5. The van der Waals surface area contributed by atoms with Gasteiger partial charge in [0.25, 0.3) is 5.91 Å². The Balaban J connectivity index is 2.04. The molecule has 21 heavy (non-hydrogen) atoms. The van der Waals surface area contributed by atoms with Crippen molar-refractivity contribution in [2.45, 2.75) is 45.2 Å². The Hall–Kier alpha value is -1.13. The molecule has 1 fully saturated rings. The van der Waals surface area contributed by atoms with Crippen molar-refractivity contribution in [1.29, 1.82) is 0 Å². The van der Waals surface area contributed by atoms with E-state index in [9.17, 15) is 9.18 Å². The third-order valence-corrected chi connectivity index (χ3v) is 4.55. The lowest BCUT2D eigenvalue weighted by molar-refractivity contribution is 0.0801. The zero-order chi connectivity index (χ0) is 15.6. The first-order chi connectivity index (χ1) is 9.81. The molecule has 1 aliphatic heterocycles. The molecule has 0 atom stereocenters. The predicted molar refractivity (Wildman–Crippen MR) is 83.2 cm³/mol. The van der Waals surface area contributed by atoms with Gasteiger partial charge in [0, 0.05) is 24.7 Å².